The van der Waals surface area contributed by atoms with Crippen LogP contribution in [0.5, 0.6) is 5.75 Å². The molecule has 1 unspecified atom stereocenters. The Hall–Kier alpha value is -1.58. The summed E-state index contributed by atoms with van der Waals surface area (Å²) in [6.07, 6.45) is 3.88. The van der Waals surface area contributed by atoms with Crippen LogP contribution in [-0.4, -0.2) is 34.0 Å². The molecule has 1 N–H and O–H groups in total. The van der Waals surface area contributed by atoms with Gasteiger partial charge in [-0.05, 0) is 23.8 Å². The number of pyridine rings is 1. The van der Waals surface area contributed by atoms with Crippen molar-refractivity contribution in [2.75, 3.05) is 13.1 Å². The number of nitrogens with zero attached hydrogens (tertiary/aromatic N) is 2. The highest BCUT2D eigenvalue weighted by atomic mass is 16.3. The first kappa shape index (κ1) is 12.9. The number of aromatic hydroxyl groups is 1. The molecule has 0 aliphatic carbocycles. The molecule has 0 saturated carbocycles. The average Bonchev–Trinajstić information content (AvgIpc) is 2.77. The van der Waals surface area contributed by atoms with Crippen molar-refractivity contribution < 1.29 is 9.90 Å². The van der Waals surface area contributed by atoms with Crippen LogP contribution in [0.15, 0.2) is 18.5 Å². The molecule has 4 heteroatoms. The van der Waals surface area contributed by atoms with Crippen LogP contribution in [0.25, 0.3) is 0 Å². The van der Waals surface area contributed by atoms with Crippen LogP contribution >= 0.6 is 0 Å². The van der Waals surface area contributed by atoms with E-state index in [0.29, 0.717) is 11.5 Å². The van der Waals surface area contributed by atoms with Crippen LogP contribution < -0.4 is 0 Å². The minimum absolute atomic E-state index is 0.0346. The van der Waals surface area contributed by atoms with Gasteiger partial charge in [0.25, 0.3) is 5.91 Å². The largest absolute Gasteiger partial charge is 0.506 e. The maximum Gasteiger partial charge on any atom is 0.255 e. The Kier molecular flexibility index (Phi) is 3.28. The van der Waals surface area contributed by atoms with Crippen molar-refractivity contribution in [2.45, 2.75) is 27.2 Å². The monoisotopic (exact) mass is 248 g/mol. The zero-order chi connectivity index (χ0) is 13.3. The fourth-order valence-corrected chi connectivity index (χ4v) is 2.38. The van der Waals surface area contributed by atoms with E-state index >= 15 is 0 Å². The molecule has 0 aromatic carbocycles. The molecule has 2 heterocycles. The van der Waals surface area contributed by atoms with E-state index < -0.39 is 0 Å². The SMILES string of the molecule is CC(C)(C)C1CCN(C(=O)c2cncc(O)c2)C1. The van der Waals surface area contributed by atoms with E-state index in [2.05, 4.69) is 25.8 Å². The fourth-order valence-electron chi connectivity index (χ4n) is 2.38. The molecule has 1 aromatic rings. The lowest BCUT2D eigenvalue weighted by Crippen LogP contribution is -2.31. The predicted octanol–water partition coefficient (Wildman–Crippen LogP) is 2.30. The lowest BCUT2D eigenvalue weighted by atomic mass is 9.80. The Morgan fingerprint density at radius 2 is 2.17 bits per heavy atom. The Morgan fingerprint density at radius 1 is 1.44 bits per heavy atom. The number of hydrogen-bond acceptors (Lipinski definition) is 3. The first-order valence-electron chi connectivity index (χ1n) is 6.31. The van der Waals surface area contributed by atoms with E-state index in [4.69, 9.17) is 0 Å². The van der Waals surface area contributed by atoms with Crippen LogP contribution in [0.3, 0.4) is 0 Å². The molecule has 98 valence electrons. The highest BCUT2D eigenvalue weighted by molar-refractivity contribution is 5.94. The molecule has 1 saturated heterocycles. The van der Waals surface area contributed by atoms with Crippen molar-refractivity contribution in [3.63, 3.8) is 0 Å². The molecule has 2 rings (SSSR count). The molecule has 1 aromatic heterocycles. The van der Waals surface area contributed by atoms with Crippen LogP contribution in [0.1, 0.15) is 37.6 Å². The molecule has 1 amide bonds. The maximum absolute atomic E-state index is 12.2. The first-order valence-corrected chi connectivity index (χ1v) is 6.31. The smallest absolute Gasteiger partial charge is 0.255 e. The van der Waals surface area contributed by atoms with Crippen LogP contribution in [0, 0.1) is 11.3 Å². The molecular formula is C14H20N2O2. The van der Waals surface area contributed by atoms with Gasteiger partial charge in [0, 0.05) is 19.3 Å². The summed E-state index contributed by atoms with van der Waals surface area (Å²) in [6, 6.07) is 1.47. The Balaban J connectivity index is 2.08. The summed E-state index contributed by atoms with van der Waals surface area (Å²) in [5.41, 5.74) is 0.691. The quantitative estimate of drug-likeness (QED) is 0.829. The fraction of sp³-hybridized carbons (Fsp3) is 0.571. The van der Waals surface area contributed by atoms with E-state index in [1.54, 1.807) is 0 Å². The van der Waals surface area contributed by atoms with Crippen molar-refractivity contribution in [1.82, 2.24) is 9.88 Å². The van der Waals surface area contributed by atoms with Crippen molar-refractivity contribution in [3.05, 3.63) is 24.0 Å². The van der Waals surface area contributed by atoms with E-state index in [1.807, 2.05) is 4.90 Å². The van der Waals surface area contributed by atoms with Crippen LogP contribution in [0.2, 0.25) is 0 Å². The number of rotatable bonds is 1. The molecule has 4 nitrogen and oxygen atoms in total. The molecule has 1 atom stereocenters. The van der Waals surface area contributed by atoms with Gasteiger partial charge >= 0.3 is 0 Å². The molecule has 1 aliphatic rings. The normalized spacial score (nSPS) is 20.2. The van der Waals surface area contributed by atoms with E-state index in [9.17, 15) is 9.90 Å². The number of aromatic nitrogens is 1. The standard InChI is InChI=1S/C14H20N2O2/c1-14(2,3)11-4-5-16(9-11)13(18)10-6-12(17)8-15-7-10/h6-8,11,17H,4-5,9H2,1-3H3. The summed E-state index contributed by atoms with van der Waals surface area (Å²) in [7, 11) is 0. The number of carbonyl (C=O) groups excluding carboxylic acids is 1. The molecule has 1 fully saturated rings. The highest BCUT2D eigenvalue weighted by Gasteiger charge is 2.34. The molecule has 18 heavy (non-hydrogen) atoms. The summed E-state index contributed by atoms with van der Waals surface area (Å²) < 4.78 is 0. The van der Waals surface area contributed by atoms with Gasteiger partial charge in [0.2, 0.25) is 0 Å². The second kappa shape index (κ2) is 4.59. The topological polar surface area (TPSA) is 53.4 Å². The summed E-state index contributed by atoms with van der Waals surface area (Å²) in [6.45, 7) is 8.21. The van der Waals surface area contributed by atoms with Crippen molar-refractivity contribution in [3.8, 4) is 5.75 Å². The second-order valence-electron chi connectivity index (χ2n) is 6.03. The second-order valence-corrected chi connectivity index (χ2v) is 6.03. The van der Waals surface area contributed by atoms with Gasteiger partial charge in [0.15, 0.2) is 0 Å². The Bertz CT molecular complexity index is 451. The van der Waals surface area contributed by atoms with Crippen molar-refractivity contribution in [2.24, 2.45) is 11.3 Å². The van der Waals surface area contributed by atoms with Crippen LogP contribution in [-0.2, 0) is 0 Å². The third kappa shape index (κ3) is 2.63. The lowest BCUT2D eigenvalue weighted by molar-refractivity contribution is 0.0775. The van der Waals surface area contributed by atoms with E-state index in [-0.39, 0.29) is 17.1 Å². The Morgan fingerprint density at radius 3 is 2.72 bits per heavy atom. The van der Waals surface area contributed by atoms with Gasteiger partial charge in [-0.1, -0.05) is 20.8 Å². The molecule has 1 aliphatic heterocycles. The highest BCUT2D eigenvalue weighted by Crippen LogP contribution is 2.34. The van der Waals surface area contributed by atoms with Gasteiger partial charge in [-0.25, -0.2) is 0 Å². The minimum atomic E-state index is -0.0369. The zero-order valence-electron chi connectivity index (χ0n) is 11.2. The lowest BCUT2D eigenvalue weighted by Gasteiger charge is -2.26. The van der Waals surface area contributed by atoms with Gasteiger partial charge in [0.05, 0.1) is 11.8 Å². The van der Waals surface area contributed by atoms with Gasteiger partial charge < -0.3 is 10.0 Å². The summed E-state index contributed by atoms with van der Waals surface area (Å²) in [4.78, 5) is 17.9. The van der Waals surface area contributed by atoms with Crippen LogP contribution in [0.4, 0.5) is 0 Å². The molecule has 0 bridgehead atoms. The summed E-state index contributed by atoms with van der Waals surface area (Å²) >= 11 is 0. The number of amides is 1. The van der Waals surface area contributed by atoms with Gasteiger partial charge in [0.1, 0.15) is 5.75 Å². The summed E-state index contributed by atoms with van der Waals surface area (Å²) in [5, 5.41) is 9.35. The molecular weight excluding hydrogens is 228 g/mol. The predicted molar refractivity (Wildman–Crippen MR) is 69.4 cm³/mol. The van der Waals surface area contributed by atoms with Crippen molar-refractivity contribution in [1.29, 1.82) is 0 Å². The van der Waals surface area contributed by atoms with Gasteiger partial charge in [-0.15, -0.1) is 0 Å². The average molecular weight is 248 g/mol. The van der Waals surface area contributed by atoms with E-state index in [1.165, 1.54) is 18.5 Å². The number of hydrogen-bond donors (Lipinski definition) is 1. The maximum atomic E-state index is 12.2. The third-order valence-electron chi connectivity index (χ3n) is 3.67. The van der Waals surface area contributed by atoms with Crippen molar-refractivity contribution >= 4 is 5.91 Å². The number of likely N-dealkylation sites (tertiary alicyclic amines) is 1. The zero-order valence-corrected chi connectivity index (χ0v) is 11.2. The van der Waals surface area contributed by atoms with E-state index in [0.717, 1.165) is 19.5 Å². The van der Waals surface area contributed by atoms with Gasteiger partial charge in [-0.2, -0.15) is 0 Å². The Labute approximate surface area is 108 Å². The molecule has 0 spiro atoms. The minimum Gasteiger partial charge on any atom is -0.506 e. The summed E-state index contributed by atoms with van der Waals surface area (Å²) in [5.74, 6) is 0.532. The molecule has 0 radical (unpaired) electrons. The first-order chi connectivity index (χ1) is 8.38. The third-order valence-corrected chi connectivity index (χ3v) is 3.67. The van der Waals surface area contributed by atoms with Gasteiger partial charge in [-0.3, -0.25) is 9.78 Å². The number of carbonyl (C=O) groups is 1.